The average molecular weight is 257 g/mol. The van der Waals surface area contributed by atoms with Gasteiger partial charge in [0.2, 0.25) is 5.91 Å². The van der Waals surface area contributed by atoms with Gasteiger partial charge in [-0.25, -0.2) is 4.79 Å². The molecule has 104 valence electrons. The Morgan fingerprint density at radius 2 is 2.06 bits per heavy atom. The number of aliphatic carboxylic acids is 1. The first-order chi connectivity index (χ1) is 8.52. The van der Waals surface area contributed by atoms with E-state index in [0.717, 1.165) is 32.4 Å². The first kappa shape index (κ1) is 14.9. The van der Waals surface area contributed by atoms with Crippen molar-refractivity contribution < 1.29 is 14.7 Å². The molecule has 0 aliphatic carbocycles. The van der Waals surface area contributed by atoms with E-state index in [2.05, 4.69) is 5.32 Å². The number of amides is 1. The molecular weight excluding hydrogens is 234 g/mol. The van der Waals surface area contributed by atoms with Crippen molar-refractivity contribution in [2.75, 3.05) is 19.6 Å². The minimum atomic E-state index is -0.967. The van der Waals surface area contributed by atoms with Gasteiger partial charge in [-0.05, 0) is 19.3 Å². The molecule has 1 amide bonds. The highest BCUT2D eigenvalue weighted by Crippen LogP contribution is 2.07. The van der Waals surface area contributed by atoms with Crippen LogP contribution in [0.25, 0.3) is 0 Å². The number of nitrogens with zero attached hydrogens (tertiary/aromatic N) is 1. The van der Waals surface area contributed by atoms with Crippen LogP contribution in [0.5, 0.6) is 0 Å². The molecule has 4 N–H and O–H groups in total. The van der Waals surface area contributed by atoms with E-state index in [0.29, 0.717) is 6.42 Å². The maximum Gasteiger partial charge on any atom is 0.326 e. The normalized spacial score (nSPS) is 19.4. The van der Waals surface area contributed by atoms with Gasteiger partial charge >= 0.3 is 5.97 Å². The fourth-order valence-corrected chi connectivity index (χ4v) is 2.10. The number of nitrogens with two attached hydrogens (primary N) is 1. The van der Waals surface area contributed by atoms with Crippen LogP contribution in [-0.4, -0.2) is 53.6 Å². The first-order valence-corrected chi connectivity index (χ1v) is 6.53. The van der Waals surface area contributed by atoms with E-state index in [1.807, 2.05) is 11.8 Å². The summed E-state index contributed by atoms with van der Waals surface area (Å²) < 4.78 is 0. The van der Waals surface area contributed by atoms with Gasteiger partial charge in [-0.2, -0.15) is 0 Å². The number of carboxylic acid groups (broad SMARTS) is 1. The minimum Gasteiger partial charge on any atom is -0.480 e. The number of nitrogens with one attached hydrogen (secondary N) is 1. The monoisotopic (exact) mass is 257 g/mol. The van der Waals surface area contributed by atoms with Crippen molar-refractivity contribution >= 4 is 11.9 Å². The van der Waals surface area contributed by atoms with E-state index in [-0.39, 0.29) is 18.5 Å². The maximum atomic E-state index is 11.7. The van der Waals surface area contributed by atoms with Crippen LogP contribution in [0.3, 0.4) is 0 Å². The molecule has 1 fully saturated rings. The third-order valence-electron chi connectivity index (χ3n) is 3.21. The van der Waals surface area contributed by atoms with Crippen molar-refractivity contribution in [2.45, 2.75) is 44.7 Å². The van der Waals surface area contributed by atoms with E-state index >= 15 is 0 Å². The number of carbonyl (C=O) groups is 2. The summed E-state index contributed by atoms with van der Waals surface area (Å²) in [6, 6.07) is -0.536. The number of hydrogen-bond donors (Lipinski definition) is 3. The van der Waals surface area contributed by atoms with Crippen LogP contribution >= 0.6 is 0 Å². The zero-order valence-corrected chi connectivity index (χ0v) is 10.9. The Morgan fingerprint density at radius 1 is 1.44 bits per heavy atom. The van der Waals surface area contributed by atoms with E-state index in [1.54, 1.807) is 0 Å². The molecule has 0 bridgehead atoms. The standard InChI is InChI=1S/C12H23N3O3/c1-2-3-10(12(17)18)14-11(16)8-15-6-4-9(13)5-7-15/h9-10H,2-8,13H2,1H3,(H,14,16)(H,17,18)/t10-/m1/s1. The molecule has 1 heterocycles. The molecule has 18 heavy (non-hydrogen) atoms. The molecule has 1 saturated heterocycles. The average Bonchev–Trinajstić information content (AvgIpc) is 2.31. The topological polar surface area (TPSA) is 95.7 Å². The van der Waals surface area contributed by atoms with Crippen LogP contribution in [0.1, 0.15) is 32.6 Å². The fourth-order valence-electron chi connectivity index (χ4n) is 2.10. The number of rotatable bonds is 6. The highest BCUT2D eigenvalue weighted by atomic mass is 16.4. The molecule has 0 radical (unpaired) electrons. The quantitative estimate of drug-likeness (QED) is 0.611. The molecule has 0 aromatic carbocycles. The van der Waals surface area contributed by atoms with Gasteiger partial charge in [0.25, 0.3) is 0 Å². The van der Waals surface area contributed by atoms with Gasteiger partial charge in [0.1, 0.15) is 6.04 Å². The Kier molecular flexibility index (Phi) is 6.07. The molecule has 6 heteroatoms. The lowest BCUT2D eigenvalue weighted by atomic mass is 10.1. The van der Waals surface area contributed by atoms with E-state index in [9.17, 15) is 9.59 Å². The largest absolute Gasteiger partial charge is 0.480 e. The summed E-state index contributed by atoms with van der Waals surface area (Å²) in [6.07, 6.45) is 2.98. The molecule has 0 spiro atoms. The second-order valence-electron chi connectivity index (χ2n) is 4.86. The predicted molar refractivity (Wildman–Crippen MR) is 68.1 cm³/mol. The van der Waals surface area contributed by atoms with Crippen LogP contribution in [0, 0.1) is 0 Å². The highest BCUT2D eigenvalue weighted by molar-refractivity contribution is 5.84. The minimum absolute atomic E-state index is 0.216. The van der Waals surface area contributed by atoms with Crippen molar-refractivity contribution in [1.82, 2.24) is 10.2 Å². The smallest absolute Gasteiger partial charge is 0.326 e. The summed E-state index contributed by atoms with van der Waals surface area (Å²) in [6.45, 7) is 3.77. The lowest BCUT2D eigenvalue weighted by Crippen LogP contribution is -2.48. The third-order valence-corrected chi connectivity index (χ3v) is 3.21. The van der Waals surface area contributed by atoms with E-state index in [4.69, 9.17) is 10.8 Å². The SMILES string of the molecule is CCC[C@@H](NC(=O)CN1CCC(N)CC1)C(=O)O. The molecule has 1 rings (SSSR count). The highest BCUT2D eigenvalue weighted by Gasteiger charge is 2.22. The van der Waals surface area contributed by atoms with Crippen molar-refractivity contribution in [3.63, 3.8) is 0 Å². The second kappa shape index (κ2) is 7.33. The Morgan fingerprint density at radius 3 is 2.56 bits per heavy atom. The zero-order valence-electron chi connectivity index (χ0n) is 10.9. The molecular formula is C12H23N3O3. The molecule has 1 aliphatic rings. The van der Waals surface area contributed by atoms with Gasteiger partial charge in [0, 0.05) is 19.1 Å². The van der Waals surface area contributed by atoms with Gasteiger partial charge in [-0.3, -0.25) is 9.69 Å². The van der Waals surface area contributed by atoms with E-state index < -0.39 is 12.0 Å². The number of hydrogen-bond acceptors (Lipinski definition) is 4. The molecule has 0 unspecified atom stereocenters. The Hall–Kier alpha value is -1.14. The summed E-state index contributed by atoms with van der Waals surface area (Å²) in [5, 5.41) is 11.5. The molecule has 0 aromatic rings. The summed E-state index contributed by atoms with van der Waals surface area (Å²) in [4.78, 5) is 24.7. The van der Waals surface area contributed by atoms with Gasteiger partial charge in [-0.1, -0.05) is 13.3 Å². The second-order valence-corrected chi connectivity index (χ2v) is 4.86. The van der Waals surface area contributed by atoms with Crippen molar-refractivity contribution in [3.8, 4) is 0 Å². The summed E-state index contributed by atoms with van der Waals surface area (Å²) in [7, 11) is 0. The summed E-state index contributed by atoms with van der Waals surface area (Å²) >= 11 is 0. The van der Waals surface area contributed by atoms with Crippen LogP contribution in [0.4, 0.5) is 0 Å². The molecule has 0 saturated carbocycles. The van der Waals surface area contributed by atoms with Gasteiger partial charge in [0.15, 0.2) is 0 Å². The Balaban J connectivity index is 2.33. The van der Waals surface area contributed by atoms with Crippen LogP contribution < -0.4 is 11.1 Å². The third kappa shape index (κ3) is 5.01. The van der Waals surface area contributed by atoms with Crippen LogP contribution in [0.15, 0.2) is 0 Å². The molecule has 0 aromatic heterocycles. The predicted octanol–water partition coefficient (Wildman–Crippen LogP) is -0.221. The number of likely N-dealkylation sites (tertiary alicyclic amines) is 1. The molecule has 1 aliphatic heterocycles. The van der Waals surface area contributed by atoms with Crippen molar-refractivity contribution in [3.05, 3.63) is 0 Å². The fraction of sp³-hybridized carbons (Fsp3) is 0.833. The van der Waals surface area contributed by atoms with E-state index in [1.165, 1.54) is 0 Å². The van der Waals surface area contributed by atoms with Gasteiger partial charge < -0.3 is 16.2 Å². The Bertz CT molecular complexity index is 288. The summed E-state index contributed by atoms with van der Waals surface area (Å²) in [5.41, 5.74) is 5.78. The van der Waals surface area contributed by atoms with Gasteiger partial charge in [-0.15, -0.1) is 0 Å². The van der Waals surface area contributed by atoms with Crippen LogP contribution in [-0.2, 0) is 9.59 Å². The van der Waals surface area contributed by atoms with Crippen molar-refractivity contribution in [2.24, 2.45) is 5.73 Å². The molecule has 1 atom stereocenters. The number of carbonyl (C=O) groups excluding carboxylic acids is 1. The lowest BCUT2D eigenvalue weighted by molar-refractivity contribution is -0.142. The summed E-state index contributed by atoms with van der Waals surface area (Å²) in [5.74, 6) is -1.18. The van der Waals surface area contributed by atoms with Crippen molar-refractivity contribution in [1.29, 1.82) is 0 Å². The number of piperidine rings is 1. The zero-order chi connectivity index (χ0) is 13.5. The van der Waals surface area contributed by atoms with Gasteiger partial charge in [0.05, 0.1) is 6.54 Å². The van der Waals surface area contributed by atoms with Crippen LogP contribution in [0.2, 0.25) is 0 Å². The Labute approximate surface area is 108 Å². The maximum absolute atomic E-state index is 11.7. The molecule has 6 nitrogen and oxygen atoms in total. The first-order valence-electron chi connectivity index (χ1n) is 6.53. The number of carboxylic acids is 1. The lowest BCUT2D eigenvalue weighted by Gasteiger charge is -2.29.